The Balaban J connectivity index is 0.000000640. The van der Waals surface area contributed by atoms with Gasteiger partial charge in [0, 0.05) is 0 Å². The van der Waals surface area contributed by atoms with Crippen molar-refractivity contribution < 1.29 is 0 Å². The van der Waals surface area contributed by atoms with Gasteiger partial charge in [0.25, 0.3) is 0 Å². The van der Waals surface area contributed by atoms with E-state index in [0.717, 1.165) is 12.5 Å². The van der Waals surface area contributed by atoms with E-state index in [4.69, 9.17) is 5.73 Å². The molecule has 2 nitrogen and oxygen atoms in total. The van der Waals surface area contributed by atoms with Crippen molar-refractivity contribution in [3.63, 3.8) is 0 Å². The average molecular weight is 151 g/mol. The van der Waals surface area contributed by atoms with Crippen LogP contribution in [-0.4, -0.2) is 19.6 Å². The number of rotatable bonds is 1. The lowest BCUT2D eigenvalue weighted by atomic mass is 9.99. The maximum absolute atomic E-state index is 5.48. The first kappa shape index (κ1) is 9.21. The second-order valence-electron chi connectivity index (χ2n) is 2.43. The van der Waals surface area contributed by atoms with E-state index in [-0.39, 0.29) is 12.4 Å². The van der Waals surface area contributed by atoms with Crippen LogP contribution < -0.4 is 11.1 Å². The van der Waals surface area contributed by atoms with E-state index in [0.29, 0.717) is 0 Å². The summed E-state index contributed by atoms with van der Waals surface area (Å²) in [4.78, 5) is 0. The highest BCUT2D eigenvalue weighted by atomic mass is 35.5. The van der Waals surface area contributed by atoms with Crippen molar-refractivity contribution in [2.75, 3.05) is 19.6 Å². The van der Waals surface area contributed by atoms with Crippen LogP contribution in [0.4, 0.5) is 0 Å². The fourth-order valence-corrected chi connectivity index (χ4v) is 1.12. The summed E-state index contributed by atoms with van der Waals surface area (Å²) in [5.74, 6) is 0.802. The lowest BCUT2D eigenvalue weighted by Gasteiger charge is -2.20. The molecule has 9 heavy (non-hydrogen) atoms. The first-order valence-corrected chi connectivity index (χ1v) is 3.34. The van der Waals surface area contributed by atoms with Gasteiger partial charge in [-0.2, -0.15) is 0 Å². The highest BCUT2D eigenvalue weighted by Crippen LogP contribution is 2.07. The summed E-state index contributed by atoms with van der Waals surface area (Å²) in [5.41, 5.74) is 5.48. The van der Waals surface area contributed by atoms with Gasteiger partial charge in [-0.25, -0.2) is 0 Å². The number of nitrogens with one attached hydrogen (secondary N) is 1. The largest absolute Gasteiger partial charge is 0.330 e. The molecule has 1 aliphatic rings. The minimum Gasteiger partial charge on any atom is -0.330 e. The summed E-state index contributed by atoms with van der Waals surface area (Å²) < 4.78 is 0. The van der Waals surface area contributed by atoms with Crippen molar-refractivity contribution >= 4 is 12.4 Å². The minimum atomic E-state index is 0. The standard InChI is InChI=1S/C6H14N2.ClH/c7-5-6-1-3-8-4-2-6;/h6,8H,1-5,7H2;1H. The Morgan fingerprint density at radius 3 is 2.22 bits per heavy atom. The van der Waals surface area contributed by atoms with Crippen LogP contribution in [0.25, 0.3) is 0 Å². The lowest BCUT2D eigenvalue weighted by Crippen LogP contribution is -2.31. The molecule has 0 spiro atoms. The Bertz CT molecular complexity index is 62.1. The van der Waals surface area contributed by atoms with Gasteiger partial charge in [-0.15, -0.1) is 12.4 Å². The van der Waals surface area contributed by atoms with Gasteiger partial charge >= 0.3 is 0 Å². The number of nitrogens with two attached hydrogens (primary N) is 1. The van der Waals surface area contributed by atoms with Crippen LogP contribution >= 0.6 is 12.4 Å². The summed E-state index contributed by atoms with van der Waals surface area (Å²) in [5, 5.41) is 3.29. The molecule has 0 radical (unpaired) electrons. The third-order valence-corrected chi connectivity index (χ3v) is 1.79. The molecule has 3 N–H and O–H groups in total. The quantitative estimate of drug-likeness (QED) is 0.567. The van der Waals surface area contributed by atoms with Crippen LogP contribution in [0.5, 0.6) is 0 Å². The van der Waals surface area contributed by atoms with Gasteiger partial charge in [0.15, 0.2) is 0 Å². The van der Waals surface area contributed by atoms with Crippen LogP contribution in [0.2, 0.25) is 0 Å². The third kappa shape index (κ3) is 3.04. The number of hydrogen-bond donors (Lipinski definition) is 2. The third-order valence-electron chi connectivity index (χ3n) is 1.79. The van der Waals surface area contributed by atoms with Crippen molar-refractivity contribution in [3.8, 4) is 0 Å². The summed E-state index contributed by atoms with van der Waals surface area (Å²) in [6, 6.07) is 0. The monoisotopic (exact) mass is 150 g/mol. The zero-order valence-corrected chi connectivity index (χ0v) is 6.41. The van der Waals surface area contributed by atoms with Crippen molar-refractivity contribution in [1.29, 1.82) is 0 Å². The van der Waals surface area contributed by atoms with Gasteiger partial charge in [0.2, 0.25) is 0 Å². The van der Waals surface area contributed by atoms with Crippen LogP contribution in [0, 0.1) is 5.92 Å². The molecule has 0 aromatic rings. The molecule has 0 bridgehead atoms. The molecule has 1 aliphatic heterocycles. The fourth-order valence-electron chi connectivity index (χ4n) is 1.12. The van der Waals surface area contributed by atoms with Gasteiger partial charge in [0.1, 0.15) is 0 Å². The van der Waals surface area contributed by atoms with Crippen molar-refractivity contribution in [1.82, 2.24) is 5.32 Å². The molecule has 1 rings (SSSR count). The number of hydrogen-bond acceptors (Lipinski definition) is 2. The van der Waals surface area contributed by atoms with E-state index in [2.05, 4.69) is 5.32 Å². The first-order chi connectivity index (χ1) is 3.93. The summed E-state index contributed by atoms with van der Waals surface area (Å²) >= 11 is 0. The maximum Gasteiger partial charge on any atom is -0.00458 e. The maximum atomic E-state index is 5.48. The minimum absolute atomic E-state index is 0. The van der Waals surface area contributed by atoms with Crippen molar-refractivity contribution in [3.05, 3.63) is 0 Å². The normalized spacial score (nSPS) is 21.0. The first-order valence-electron chi connectivity index (χ1n) is 3.34. The molecule has 0 saturated carbocycles. The molecule has 0 amide bonds. The predicted octanol–water partition coefficient (Wildman–Crippen LogP) is 0.366. The van der Waals surface area contributed by atoms with Crippen molar-refractivity contribution in [2.24, 2.45) is 11.7 Å². The van der Waals surface area contributed by atoms with Crippen LogP contribution in [0.3, 0.4) is 0 Å². The molecule has 56 valence electrons. The zero-order chi connectivity index (χ0) is 5.82. The molecule has 1 fully saturated rings. The Morgan fingerprint density at radius 2 is 1.89 bits per heavy atom. The predicted molar refractivity (Wildman–Crippen MR) is 41.9 cm³/mol. The topological polar surface area (TPSA) is 38.0 Å². The number of halogens is 1. The summed E-state index contributed by atoms with van der Waals surface area (Å²) in [6.45, 7) is 3.21. The van der Waals surface area contributed by atoms with E-state index in [9.17, 15) is 0 Å². The number of piperidine rings is 1. The second-order valence-corrected chi connectivity index (χ2v) is 2.43. The molecule has 0 atom stereocenters. The molecule has 0 aliphatic carbocycles. The van der Waals surface area contributed by atoms with Gasteiger partial charge in [-0.1, -0.05) is 0 Å². The molecule has 3 heteroatoms. The SMILES string of the molecule is Cl.NCC1CCNCC1. The molecular formula is C6H15ClN2. The van der Waals surface area contributed by atoms with Gasteiger partial charge < -0.3 is 11.1 Å². The van der Waals surface area contributed by atoms with Gasteiger partial charge in [-0.05, 0) is 38.4 Å². The van der Waals surface area contributed by atoms with Gasteiger partial charge in [0.05, 0.1) is 0 Å². The highest BCUT2D eigenvalue weighted by Gasteiger charge is 2.09. The lowest BCUT2D eigenvalue weighted by molar-refractivity contribution is 0.382. The zero-order valence-electron chi connectivity index (χ0n) is 5.60. The van der Waals surface area contributed by atoms with Gasteiger partial charge in [-0.3, -0.25) is 0 Å². The molecular weight excluding hydrogens is 136 g/mol. The molecule has 0 unspecified atom stereocenters. The van der Waals surface area contributed by atoms with Crippen molar-refractivity contribution in [2.45, 2.75) is 12.8 Å². The smallest absolute Gasteiger partial charge is 0.00458 e. The Kier molecular flexibility index (Phi) is 5.15. The van der Waals surface area contributed by atoms with E-state index < -0.39 is 0 Å². The molecule has 1 saturated heterocycles. The van der Waals surface area contributed by atoms with Crippen LogP contribution in [-0.2, 0) is 0 Å². The Morgan fingerprint density at radius 1 is 1.33 bits per heavy atom. The van der Waals surface area contributed by atoms with E-state index in [1.807, 2.05) is 0 Å². The van der Waals surface area contributed by atoms with Crippen LogP contribution in [0.1, 0.15) is 12.8 Å². The summed E-state index contributed by atoms with van der Waals surface area (Å²) in [6.07, 6.45) is 2.55. The molecule has 0 aromatic heterocycles. The molecule has 1 heterocycles. The summed E-state index contributed by atoms with van der Waals surface area (Å²) in [7, 11) is 0. The highest BCUT2D eigenvalue weighted by molar-refractivity contribution is 5.85. The van der Waals surface area contributed by atoms with E-state index >= 15 is 0 Å². The fraction of sp³-hybridized carbons (Fsp3) is 1.00. The van der Waals surface area contributed by atoms with E-state index in [1.165, 1.54) is 25.9 Å². The average Bonchev–Trinajstić information content (AvgIpc) is 1.90. The second kappa shape index (κ2) is 5.03. The Hall–Kier alpha value is 0.210. The Labute approximate surface area is 62.6 Å². The van der Waals surface area contributed by atoms with Crippen LogP contribution in [0.15, 0.2) is 0 Å². The molecule has 0 aromatic carbocycles. The van der Waals surface area contributed by atoms with E-state index in [1.54, 1.807) is 0 Å².